The molecule has 1 N–H and O–H groups in total. The largest absolute Gasteiger partial charge is 0.495 e. The number of benzene rings is 2. The first-order chi connectivity index (χ1) is 14.4. The van der Waals surface area contributed by atoms with Crippen molar-refractivity contribution in [2.24, 2.45) is 0 Å². The molecule has 1 amide bonds. The summed E-state index contributed by atoms with van der Waals surface area (Å²) >= 11 is 6.13. The maximum Gasteiger partial charge on any atom is 0.244 e. The molecule has 6 nitrogen and oxygen atoms in total. The molecule has 0 heterocycles. The normalized spacial score (nSPS) is 13.4. The van der Waals surface area contributed by atoms with Gasteiger partial charge in [0.05, 0.1) is 25.1 Å². The van der Waals surface area contributed by atoms with E-state index in [1.165, 1.54) is 18.7 Å². The third-order valence-electron chi connectivity index (χ3n) is 5.42. The summed E-state index contributed by atoms with van der Waals surface area (Å²) in [5.74, 6) is -0.0702. The fraction of sp³-hybridized carbons (Fsp3) is 0.435. The molecule has 8 heteroatoms. The summed E-state index contributed by atoms with van der Waals surface area (Å²) in [5.41, 5.74) is 4.62. The SMILES string of the molecule is CC[C@@H](C(=O)N[C@H](C)c1cc(C)c(C)cc1C)N(c1cc(Cl)ccc1OC)S(C)(=O)=O. The number of anilines is 1. The predicted molar refractivity (Wildman–Crippen MR) is 127 cm³/mol. The number of nitrogens with zero attached hydrogens (tertiary/aromatic N) is 1. The van der Waals surface area contributed by atoms with Crippen molar-refractivity contribution < 1.29 is 17.9 Å². The molecule has 0 radical (unpaired) electrons. The monoisotopic (exact) mass is 466 g/mol. The molecule has 0 bridgehead atoms. The quantitative estimate of drug-likeness (QED) is 0.612. The van der Waals surface area contributed by atoms with Crippen LogP contribution in [0.15, 0.2) is 30.3 Å². The van der Waals surface area contributed by atoms with Gasteiger partial charge < -0.3 is 10.1 Å². The summed E-state index contributed by atoms with van der Waals surface area (Å²) in [6.45, 7) is 9.74. The van der Waals surface area contributed by atoms with Gasteiger partial charge in [-0.2, -0.15) is 0 Å². The smallest absolute Gasteiger partial charge is 0.244 e. The van der Waals surface area contributed by atoms with Gasteiger partial charge in [-0.15, -0.1) is 0 Å². The number of hydrogen-bond donors (Lipinski definition) is 1. The average molecular weight is 467 g/mol. The van der Waals surface area contributed by atoms with Crippen LogP contribution >= 0.6 is 11.6 Å². The van der Waals surface area contributed by atoms with E-state index in [1.807, 2.05) is 27.7 Å². The molecule has 2 aromatic carbocycles. The molecule has 0 aliphatic carbocycles. The van der Waals surface area contributed by atoms with Crippen LogP contribution in [-0.2, 0) is 14.8 Å². The Morgan fingerprint density at radius 1 is 1.13 bits per heavy atom. The fourth-order valence-corrected chi connectivity index (χ4v) is 5.08. The summed E-state index contributed by atoms with van der Waals surface area (Å²) in [4.78, 5) is 13.3. The van der Waals surface area contributed by atoms with E-state index >= 15 is 0 Å². The van der Waals surface area contributed by atoms with Crippen molar-refractivity contribution in [3.63, 3.8) is 0 Å². The van der Waals surface area contributed by atoms with E-state index < -0.39 is 16.1 Å². The first kappa shape index (κ1) is 25.0. The van der Waals surface area contributed by atoms with Crippen molar-refractivity contribution in [2.45, 2.75) is 53.1 Å². The van der Waals surface area contributed by atoms with E-state index in [0.29, 0.717) is 10.8 Å². The summed E-state index contributed by atoms with van der Waals surface area (Å²) < 4.78 is 31.9. The highest BCUT2D eigenvalue weighted by Crippen LogP contribution is 2.35. The Labute approximate surface area is 190 Å². The highest BCUT2D eigenvalue weighted by atomic mass is 35.5. The lowest BCUT2D eigenvalue weighted by Crippen LogP contribution is -2.50. The lowest BCUT2D eigenvalue weighted by atomic mass is 9.96. The molecule has 0 saturated carbocycles. The lowest BCUT2D eigenvalue weighted by molar-refractivity contribution is -0.122. The topological polar surface area (TPSA) is 75.7 Å². The summed E-state index contributed by atoms with van der Waals surface area (Å²) in [6.07, 6.45) is 1.34. The Kier molecular flexibility index (Phi) is 8.00. The molecule has 0 fully saturated rings. The summed E-state index contributed by atoms with van der Waals surface area (Å²) in [5, 5.41) is 3.34. The van der Waals surface area contributed by atoms with E-state index in [0.717, 1.165) is 27.3 Å². The number of rotatable bonds is 8. The van der Waals surface area contributed by atoms with E-state index in [1.54, 1.807) is 19.1 Å². The zero-order chi connectivity index (χ0) is 23.5. The number of halogens is 1. The highest BCUT2D eigenvalue weighted by molar-refractivity contribution is 7.92. The second-order valence-electron chi connectivity index (χ2n) is 7.82. The van der Waals surface area contributed by atoms with Crippen molar-refractivity contribution in [2.75, 3.05) is 17.7 Å². The maximum atomic E-state index is 13.3. The van der Waals surface area contributed by atoms with Crippen LogP contribution in [0.25, 0.3) is 0 Å². The van der Waals surface area contributed by atoms with Crippen molar-refractivity contribution in [3.05, 3.63) is 57.6 Å². The molecule has 2 rings (SSSR count). The van der Waals surface area contributed by atoms with Gasteiger partial charge >= 0.3 is 0 Å². The van der Waals surface area contributed by atoms with Gasteiger partial charge in [0.1, 0.15) is 11.8 Å². The minimum Gasteiger partial charge on any atom is -0.495 e. The van der Waals surface area contributed by atoms with Crippen LogP contribution in [0.4, 0.5) is 5.69 Å². The highest BCUT2D eigenvalue weighted by Gasteiger charge is 2.34. The van der Waals surface area contributed by atoms with Gasteiger partial charge in [-0.25, -0.2) is 8.42 Å². The van der Waals surface area contributed by atoms with Crippen molar-refractivity contribution in [3.8, 4) is 5.75 Å². The average Bonchev–Trinajstić information content (AvgIpc) is 2.67. The lowest BCUT2D eigenvalue weighted by Gasteiger charge is -2.32. The molecule has 170 valence electrons. The van der Waals surface area contributed by atoms with Crippen LogP contribution in [-0.4, -0.2) is 33.7 Å². The minimum absolute atomic E-state index is 0.231. The number of methoxy groups -OCH3 is 1. The van der Waals surface area contributed by atoms with E-state index in [4.69, 9.17) is 16.3 Å². The van der Waals surface area contributed by atoms with Crippen molar-refractivity contribution in [1.82, 2.24) is 5.32 Å². The zero-order valence-corrected chi connectivity index (χ0v) is 20.7. The van der Waals surface area contributed by atoms with Gasteiger partial charge in [0, 0.05) is 5.02 Å². The molecular formula is C23H31ClN2O4S. The van der Waals surface area contributed by atoms with Gasteiger partial charge in [0.15, 0.2) is 0 Å². The van der Waals surface area contributed by atoms with Crippen LogP contribution in [0.1, 0.15) is 48.6 Å². The summed E-state index contributed by atoms with van der Waals surface area (Å²) in [6, 6.07) is 7.58. The number of aryl methyl sites for hydroxylation is 3. The van der Waals surface area contributed by atoms with Gasteiger partial charge in [-0.05, 0) is 74.6 Å². The molecule has 0 aliphatic heterocycles. The number of hydrogen-bond acceptors (Lipinski definition) is 4. The number of carbonyl (C=O) groups excluding carboxylic acids is 1. The molecule has 2 atom stereocenters. The van der Waals surface area contributed by atoms with Crippen LogP contribution < -0.4 is 14.4 Å². The Hall–Kier alpha value is -2.25. The van der Waals surface area contributed by atoms with E-state index in [-0.39, 0.29) is 24.1 Å². The molecular weight excluding hydrogens is 436 g/mol. The number of amides is 1. The number of ether oxygens (including phenoxy) is 1. The van der Waals surface area contributed by atoms with E-state index in [2.05, 4.69) is 17.4 Å². The molecule has 0 aromatic heterocycles. The molecule has 2 aromatic rings. The van der Waals surface area contributed by atoms with Crippen LogP contribution in [0, 0.1) is 20.8 Å². The Bertz CT molecular complexity index is 1070. The number of sulfonamides is 1. The minimum atomic E-state index is -3.81. The standard InChI is InChI=1S/C23H31ClN2O4S/c1-8-20(23(27)25-17(5)19-12-15(3)14(2)11-16(19)4)26(31(7,28)29)21-13-18(24)9-10-22(21)30-6/h9-13,17,20H,8H2,1-7H3,(H,25,27)/t17-,20+/m1/s1. The first-order valence-corrected chi connectivity index (χ1v) is 12.3. The number of nitrogens with one attached hydrogen (secondary N) is 1. The zero-order valence-electron chi connectivity index (χ0n) is 19.1. The van der Waals surface area contributed by atoms with Gasteiger partial charge in [0.25, 0.3) is 0 Å². The number of carbonyl (C=O) groups is 1. The van der Waals surface area contributed by atoms with Crippen molar-refractivity contribution in [1.29, 1.82) is 0 Å². The predicted octanol–water partition coefficient (Wildman–Crippen LogP) is 4.70. The van der Waals surface area contributed by atoms with Crippen LogP contribution in [0.3, 0.4) is 0 Å². The second-order valence-corrected chi connectivity index (χ2v) is 10.1. The molecule has 0 spiro atoms. The Balaban J connectivity index is 2.44. The van der Waals surface area contributed by atoms with Gasteiger partial charge in [-0.3, -0.25) is 9.10 Å². The first-order valence-electron chi connectivity index (χ1n) is 10.1. The molecule has 31 heavy (non-hydrogen) atoms. The third-order valence-corrected chi connectivity index (χ3v) is 6.82. The van der Waals surface area contributed by atoms with Crippen LogP contribution in [0.2, 0.25) is 5.02 Å². The third kappa shape index (κ3) is 5.71. The van der Waals surface area contributed by atoms with E-state index in [9.17, 15) is 13.2 Å². The maximum absolute atomic E-state index is 13.3. The summed E-state index contributed by atoms with van der Waals surface area (Å²) in [7, 11) is -2.37. The second kappa shape index (κ2) is 9.92. The molecule has 0 aliphatic rings. The Morgan fingerprint density at radius 3 is 2.29 bits per heavy atom. The van der Waals surface area contributed by atoms with Crippen molar-refractivity contribution >= 4 is 33.2 Å². The van der Waals surface area contributed by atoms with Crippen LogP contribution in [0.5, 0.6) is 5.75 Å². The molecule has 0 unspecified atom stereocenters. The van der Waals surface area contributed by atoms with Gasteiger partial charge in [0.2, 0.25) is 15.9 Å². The fourth-order valence-electron chi connectivity index (χ4n) is 3.71. The van der Waals surface area contributed by atoms with Gasteiger partial charge in [-0.1, -0.05) is 30.7 Å². The molecule has 0 saturated heterocycles. The Morgan fingerprint density at radius 2 is 1.74 bits per heavy atom.